The van der Waals surface area contributed by atoms with Crippen LogP contribution in [0.4, 0.5) is 16.4 Å². The number of anilines is 2. The number of hydrogen-bond acceptors (Lipinski definition) is 7. The van der Waals surface area contributed by atoms with Crippen molar-refractivity contribution in [3.63, 3.8) is 0 Å². The van der Waals surface area contributed by atoms with Gasteiger partial charge in [0.2, 0.25) is 0 Å². The Morgan fingerprint density at radius 3 is 2.61 bits per heavy atom. The number of likely N-dealkylation sites (N-methyl/N-ethyl adjacent to an activating group) is 1. The summed E-state index contributed by atoms with van der Waals surface area (Å²) in [5, 5.41) is 7.93. The molecule has 9 nitrogen and oxygen atoms in total. The highest BCUT2D eigenvalue weighted by molar-refractivity contribution is 5.68. The van der Waals surface area contributed by atoms with Crippen LogP contribution in [-0.4, -0.2) is 61.9 Å². The predicted octanol–water partition coefficient (Wildman–Crippen LogP) is 3.90. The maximum absolute atomic E-state index is 12.2. The van der Waals surface area contributed by atoms with Gasteiger partial charge in [-0.05, 0) is 33.4 Å². The van der Waals surface area contributed by atoms with Gasteiger partial charge in [-0.2, -0.15) is 5.10 Å². The van der Waals surface area contributed by atoms with E-state index < -0.39 is 5.60 Å². The topological polar surface area (TPSA) is 88.4 Å². The van der Waals surface area contributed by atoms with Crippen molar-refractivity contribution in [3.8, 4) is 11.3 Å². The average Bonchev–Trinajstić information content (AvgIpc) is 3.14. The summed E-state index contributed by atoms with van der Waals surface area (Å²) in [7, 11) is 3.84. The number of carbonyl (C=O) groups excluding carboxylic acids is 1. The molecule has 9 heteroatoms. The molecule has 1 N–H and O–H groups in total. The average molecular weight is 450 g/mol. The van der Waals surface area contributed by atoms with Crippen LogP contribution in [0.1, 0.15) is 32.0 Å². The lowest BCUT2D eigenvalue weighted by Crippen LogP contribution is -2.33. The van der Waals surface area contributed by atoms with Gasteiger partial charge in [0.15, 0.2) is 5.82 Å². The van der Waals surface area contributed by atoms with Gasteiger partial charge in [0.1, 0.15) is 17.7 Å². The van der Waals surface area contributed by atoms with Crippen molar-refractivity contribution in [2.75, 3.05) is 26.0 Å². The normalized spacial score (nSPS) is 14.0. The number of fused-ring (bicyclic) bond motifs is 1. The highest BCUT2D eigenvalue weighted by Crippen LogP contribution is 2.23. The third-order valence-corrected chi connectivity index (χ3v) is 5.29. The Bertz CT molecular complexity index is 1120. The summed E-state index contributed by atoms with van der Waals surface area (Å²) in [4.78, 5) is 24.8. The summed E-state index contributed by atoms with van der Waals surface area (Å²) in [6.45, 7) is 8.81. The molecule has 0 bridgehead atoms. The first kappa shape index (κ1) is 22.7. The van der Waals surface area contributed by atoms with E-state index in [1.54, 1.807) is 18.3 Å². The fourth-order valence-corrected chi connectivity index (χ4v) is 3.63. The van der Waals surface area contributed by atoms with Crippen LogP contribution >= 0.6 is 0 Å². The van der Waals surface area contributed by atoms with Crippen LogP contribution in [0.2, 0.25) is 0 Å². The molecule has 174 valence electrons. The smallest absolute Gasteiger partial charge is 0.410 e. The van der Waals surface area contributed by atoms with Crippen LogP contribution < -0.4 is 5.32 Å². The standard InChI is InChI=1S/C24H31N7O2/c1-24(2,3)33-23(32)30(5)14-17-6-8-18(9-7-17)20-13-21(26-16-25-20)27-22-12-19-15-29(4)10-11-31(19)28-22/h6-9,12-13,16H,10-11,14-15H2,1-5H3,(H,25,26,27,28). The molecule has 1 amide bonds. The number of carbonyl (C=O) groups is 1. The van der Waals surface area contributed by atoms with Crippen molar-refractivity contribution in [3.05, 3.63) is 54.0 Å². The van der Waals surface area contributed by atoms with Gasteiger partial charge >= 0.3 is 6.09 Å². The molecule has 0 atom stereocenters. The Balaban J connectivity index is 1.42. The van der Waals surface area contributed by atoms with Gasteiger partial charge in [-0.3, -0.25) is 9.58 Å². The Morgan fingerprint density at radius 1 is 1.12 bits per heavy atom. The molecule has 1 aliphatic heterocycles. The van der Waals surface area contributed by atoms with E-state index in [-0.39, 0.29) is 6.09 Å². The molecule has 3 aromatic rings. The Hall–Kier alpha value is -3.46. The monoisotopic (exact) mass is 449 g/mol. The van der Waals surface area contributed by atoms with Crippen molar-refractivity contribution < 1.29 is 9.53 Å². The van der Waals surface area contributed by atoms with E-state index in [1.165, 1.54) is 5.69 Å². The quantitative estimate of drug-likeness (QED) is 0.632. The number of ether oxygens (including phenoxy) is 1. The summed E-state index contributed by atoms with van der Waals surface area (Å²) >= 11 is 0. The van der Waals surface area contributed by atoms with Crippen LogP contribution in [0.15, 0.2) is 42.7 Å². The van der Waals surface area contributed by atoms with E-state index >= 15 is 0 Å². The summed E-state index contributed by atoms with van der Waals surface area (Å²) in [5.74, 6) is 1.48. The van der Waals surface area contributed by atoms with Gasteiger partial charge in [-0.15, -0.1) is 0 Å². The number of benzene rings is 1. The first-order valence-electron chi connectivity index (χ1n) is 11.0. The molecule has 0 fully saturated rings. The van der Waals surface area contributed by atoms with Gasteiger partial charge in [0.25, 0.3) is 0 Å². The molecule has 1 aliphatic rings. The molecular weight excluding hydrogens is 418 g/mol. The van der Waals surface area contributed by atoms with E-state index in [1.807, 2.05) is 55.8 Å². The number of nitrogens with zero attached hydrogens (tertiary/aromatic N) is 6. The predicted molar refractivity (Wildman–Crippen MR) is 127 cm³/mol. The maximum atomic E-state index is 12.2. The minimum Gasteiger partial charge on any atom is -0.444 e. The zero-order chi connectivity index (χ0) is 23.6. The largest absolute Gasteiger partial charge is 0.444 e. The molecule has 0 saturated carbocycles. The van der Waals surface area contributed by atoms with Crippen LogP contribution in [-0.2, 0) is 24.4 Å². The number of aromatic nitrogens is 4. The third-order valence-electron chi connectivity index (χ3n) is 5.29. The molecule has 0 unspecified atom stereocenters. The van der Waals surface area contributed by atoms with Gasteiger partial charge in [0, 0.05) is 44.4 Å². The highest BCUT2D eigenvalue weighted by Gasteiger charge is 2.20. The second-order valence-electron chi connectivity index (χ2n) is 9.43. The molecule has 33 heavy (non-hydrogen) atoms. The Kier molecular flexibility index (Phi) is 6.33. The molecule has 0 radical (unpaired) electrons. The van der Waals surface area contributed by atoms with E-state index in [4.69, 9.17) is 4.74 Å². The molecule has 0 aliphatic carbocycles. The van der Waals surface area contributed by atoms with E-state index in [0.29, 0.717) is 12.4 Å². The summed E-state index contributed by atoms with van der Waals surface area (Å²) in [6.07, 6.45) is 1.21. The van der Waals surface area contributed by atoms with E-state index in [9.17, 15) is 4.79 Å². The Labute approximate surface area is 194 Å². The lowest BCUT2D eigenvalue weighted by atomic mass is 10.1. The number of hydrogen-bond donors (Lipinski definition) is 1. The zero-order valence-corrected chi connectivity index (χ0v) is 19.9. The Morgan fingerprint density at radius 2 is 1.88 bits per heavy atom. The van der Waals surface area contributed by atoms with E-state index in [0.717, 1.165) is 42.3 Å². The van der Waals surface area contributed by atoms with E-state index in [2.05, 4.69) is 38.4 Å². The molecule has 4 rings (SSSR count). The van der Waals surface area contributed by atoms with Crippen molar-refractivity contribution in [2.24, 2.45) is 0 Å². The van der Waals surface area contributed by atoms with Crippen LogP contribution in [0, 0.1) is 0 Å². The lowest BCUT2D eigenvalue weighted by molar-refractivity contribution is 0.0285. The fourth-order valence-electron chi connectivity index (χ4n) is 3.63. The van der Waals surface area contributed by atoms with Gasteiger partial charge in [0.05, 0.1) is 17.9 Å². The van der Waals surface area contributed by atoms with Gasteiger partial charge in [-0.1, -0.05) is 24.3 Å². The molecular formula is C24H31N7O2. The van der Waals surface area contributed by atoms with Gasteiger partial charge in [-0.25, -0.2) is 14.8 Å². The summed E-state index contributed by atoms with van der Waals surface area (Å²) < 4.78 is 7.45. The number of amides is 1. The third kappa shape index (κ3) is 5.87. The zero-order valence-electron chi connectivity index (χ0n) is 19.9. The first-order valence-corrected chi connectivity index (χ1v) is 11.0. The molecule has 0 spiro atoms. The van der Waals surface area contributed by atoms with Crippen LogP contribution in [0.25, 0.3) is 11.3 Å². The fraction of sp³-hybridized carbons (Fsp3) is 0.417. The highest BCUT2D eigenvalue weighted by atomic mass is 16.6. The number of nitrogens with one attached hydrogen (secondary N) is 1. The molecule has 3 heterocycles. The summed E-state index contributed by atoms with van der Waals surface area (Å²) in [6, 6.07) is 11.9. The second-order valence-corrected chi connectivity index (χ2v) is 9.43. The molecule has 1 aromatic carbocycles. The SMILES string of the molecule is CN1CCn2nc(Nc3cc(-c4ccc(CN(C)C(=O)OC(C)(C)C)cc4)ncn3)cc2C1. The van der Waals surface area contributed by atoms with Gasteiger partial charge < -0.3 is 15.0 Å². The molecule has 2 aromatic heterocycles. The first-order chi connectivity index (χ1) is 15.7. The van der Waals surface area contributed by atoms with Crippen LogP contribution in [0.5, 0.6) is 0 Å². The minimum atomic E-state index is -0.514. The van der Waals surface area contributed by atoms with Crippen molar-refractivity contribution >= 4 is 17.7 Å². The van der Waals surface area contributed by atoms with Crippen molar-refractivity contribution in [1.29, 1.82) is 0 Å². The second kappa shape index (κ2) is 9.19. The summed E-state index contributed by atoms with van der Waals surface area (Å²) in [5.41, 5.74) is 3.46. The maximum Gasteiger partial charge on any atom is 0.410 e. The molecule has 0 saturated heterocycles. The van der Waals surface area contributed by atoms with Crippen molar-refractivity contribution in [1.82, 2.24) is 29.5 Å². The number of rotatable bonds is 5. The minimum absolute atomic E-state index is 0.342. The van der Waals surface area contributed by atoms with Crippen LogP contribution in [0.3, 0.4) is 0 Å². The lowest BCUT2D eigenvalue weighted by Gasteiger charge is -2.24. The van der Waals surface area contributed by atoms with Crippen molar-refractivity contribution in [2.45, 2.75) is 46.0 Å².